The Kier molecular flexibility index (Phi) is 3.38. The van der Waals surface area contributed by atoms with Crippen LogP contribution in [0, 0.1) is 3.57 Å². The van der Waals surface area contributed by atoms with Crippen LogP contribution in [0.15, 0.2) is 54.6 Å². The molecule has 0 saturated carbocycles. The van der Waals surface area contributed by atoms with Crippen molar-refractivity contribution in [1.29, 1.82) is 0 Å². The molecular formula is C13H12IN. The highest BCUT2D eigenvalue weighted by Gasteiger charge is 2.10. The molecule has 0 spiro atoms. The molecule has 0 saturated heterocycles. The highest BCUT2D eigenvalue weighted by Crippen LogP contribution is 2.23. The first-order chi connectivity index (χ1) is 7.29. The van der Waals surface area contributed by atoms with Crippen molar-refractivity contribution in [2.24, 2.45) is 5.73 Å². The van der Waals surface area contributed by atoms with Crippen LogP contribution in [0.3, 0.4) is 0 Å². The van der Waals surface area contributed by atoms with Gasteiger partial charge in [0, 0.05) is 3.57 Å². The molecule has 1 unspecified atom stereocenters. The summed E-state index contributed by atoms with van der Waals surface area (Å²) in [5.41, 5.74) is 8.55. The minimum Gasteiger partial charge on any atom is -0.320 e. The van der Waals surface area contributed by atoms with Gasteiger partial charge >= 0.3 is 0 Å². The van der Waals surface area contributed by atoms with Crippen molar-refractivity contribution < 1.29 is 0 Å². The second-order valence-electron chi connectivity index (χ2n) is 3.41. The van der Waals surface area contributed by atoms with E-state index in [-0.39, 0.29) is 6.04 Å². The molecule has 76 valence electrons. The summed E-state index contributed by atoms with van der Waals surface area (Å²) in [5.74, 6) is 0. The van der Waals surface area contributed by atoms with Gasteiger partial charge in [-0.2, -0.15) is 0 Å². The molecule has 2 heteroatoms. The Bertz CT molecular complexity index is 439. The smallest absolute Gasteiger partial charge is 0.0562 e. The summed E-state index contributed by atoms with van der Waals surface area (Å²) in [6.07, 6.45) is 0. The van der Waals surface area contributed by atoms with Crippen molar-refractivity contribution in [3.8, 4) is 0 Å². The maximum absolute atomic E-state index is 6.21. The van der Waals surface area contributed by atoms with Crippen LogP contribution in [0.25, 0.3) is 0 Å². The molecule has 1 atom stereocenters. The van der Waals surface area contributed by atoms with Crippen molar-refractivity contribution in [1.82, 2.24) is 0 Å². The Morgan fingerprint density at radius 1 is 0.867 bits per heavy atom. The molecule has 0 aliphatic carbocycles. The van der Waals surface area contributed by atoms with Crippen LogP contribution in [0.1, 0.15) is 17.2 Å². The van der Waals surface area contributed by atoms with Crippen molar-refractivity contribution in [3.63, 3.8) is 0 Å². The minimum atomic E-state index is -0.0284. The first-order valence-corrected chi connectivity index (χ1v) is 5.92. The lowest BCUT2D eigenvalue weighted by Gasteiger charge is -2.13. The highest BCUT2D eigenvalue weighted by molar-refractivity contribution is 14.1. The summed E-state index contributed by atoms with van der Waals surface area (Å²) < 4.78 is 1.21. The van der Waals surface area contributed by atoms with E-state index >= 15 is 0 Å². The van der Waals surface area contributed by atoms with Gasteiger partial charge in [0.15, 0.2) is 0 Å². The first kappa shape index (κ1) is 10.6. The molecule has 0 amide bonds. The van der Waals surface area contributed by atoms with Crippen molar-refractivity contribution in [2.75, 3.05) is 0 Å². The maximum atomic E-state index is 6.21. The molecule has 0 aliphatic rings. The van der Waals surface area contributed by atoms with Gasteiger partial charge in [-0.1, -0.05) is 48.5 Å². The number of benzene rings is 2. The molecule has 0 heterocycles. The lowest BCUT2D eigenvalue weighted by molar-refractivity contribution is 0.865. The molecule has 2 aromatic rings. The summed E-state index contributed by atoms with van der Waals surface area (Å²) in [7, 11) is 0. The quantitative estimate of drug-likeness (QED) is 0.846. The van der Waals surface area contributed by atoms with E-state index in [4.69, 9.17) is 5.73 Å². The van der Waals surface area contributed by atoms with Crippen LogP contribution in [0.4, 0.5) is 0 Å². The third-order valence-electron chi connectivity index (χ3n) is 2.40. The Labute approximate surface area is 103 Å². The van der Waals surface area contributed by atoms with Crippen LogP contribution in [-0.2, 0) is 0 Å². The zero-order valence-corrected chi connectivity index (χ0v) is 10.4. The molecule has 0 aliphatic heterocycles. The fraction of sp³-hybridized carbons (Fsp3) is 0.0769. The van der Waals surface area contributed by atoms with Gasteiger partial charge in [0.2, 0.25) is 0 Å². The van der Waals surface area contributed by atoms with Gasteiger partial charge in [0.25, 0.3) is 0 Å². The zero-order valence-electron chi connectivity index (χ0n) is 8.23. The van der Waals surface area contributed by atoms with E-state index in [1.807, 2.05) is 30.3 Å². The fourth-order valence-electron chi connectivity index (χ4n) is 1.57. The fourth-order valence-corrected chi connectivity index (χ4v) is 2.29. The average Bonchev–Trinajstić information content (AvgIpc) is 2.30. The molecular weight excluding hydrogens is 297 g/mol. The minimum absolute atomic E-state index is 0.0284. The van der Waals surface area contributed by atoms with E-state index in [0.717, 1.165) is 5.56 Å². The predicted molar refractivity (Wildman–Crippen MR) is 71.6 cm³/mol. The van der Waals surface area contributed by atoms with Crippen LogP contribution >= 0.6 is 22.6 Å². The van der Waals surface area contributed by atoms with E-state index in [2.05, 4.69) is 46.9 Å². The topological polar surface area (TPSA) is 26.0 Å². The van der Waals surface area contributed by atoms with Gasteiger partial charge in [-0.25, -0.2) is 0 Å². The number of rotatable bonds is 2. The Morgan fingerprint density at radius 3 is 2.13 bits per heavy atom. The lowest BCUT2D eigenvalue weighted by Crippen LogP contribution is -2.12. The zero-order chi connectivity index (χ0) is 10.7. The second kappa shape index (κ2) is 4.77. The summed E-state index contributed by atoms with van der Waals surface area (Å²) in [5, 5.41) is 0. The first-order valence-electron chi connectivity index (χ1n) is 4.84. The molecule has 15 heavy (non-hydrogen) atoms. The molecule has 1 nitrogen and oxygen atoms in total. The van der Waals surface area contributed by atoms with E-state index in [1.54, 1.807) is 0 Å². The molecule has 2 N–H and O–H groups in total. The number of nitrogens with two attached hydrogens (primary N) is 1. The van der Waals surface area contributed by atoms with E-state index in [1.165, 1.54) is 9.13 Å². The SMILES string of the molecule is NC(c1ccccc1)c1ccccc1I. The Hall–Kier alpha value is -0.870. The molecule has 0 radical (unpaired) electrons. The van der Waals surface area contributed by atoms with E-state index < -0.39 is 0 Å². The van der Waals surface area contributed by atoms with Gasteiger partial charge in [0.05, 0.1) is 6.04 Å². The van der Waals surface area contributed by atoms with Crippen LogP contribution in [-0.4, -0.2) is 0 Å². The van der Waals surface area contributed by atoms with Gasteiger partial charge in [0.1, 0.15) is 0 Å². The monoisotopic (exact) mass is 309 g/mol. The third-order valence-corrected chi connectivity index (χ3v) is 3.38. The second-order valence-corrected chi connectivity index (χ2v) is 4.57. The molecule has 2 rings (SSSR count). The third kappa shape index (κ3) is 2.38. The van der Waals surface area contributed by atoms with Gasteiger partial charge in [-0.3, -0.25) is 0 Å². The largest absolute Gasteiger partial charge is 0.320 e. The van der Waals surface area contributed by atoms with E-state index in [0.29, 0.717) is 0 Å². The summed E-state index contributed by atoms with van der Waals surface area (Å²) >= 11 is 2.32. The van der Waals surface area contributed by atoms with Crippen LogP contribution in [0.2, 0.25) is 0 Å². The summed E-state index contributed by atoms with van der Waals surface area (Å²) in [4.78, 5) is 0. The average molecular weight is 309 g/mol. The molecule has 2 aromatic carbocycles. The normalized spacial score (nSPS) is 12.4. The Balaban J connectivity index is 2.37. The lowest BCUT2D eigenvalue weighted by atomic mass is 10.00. The maximum Gasteiger partial charge on any atom is 0.0562 e. The van der Waals surface area contributed by atoms with E-state index in [9.17, 15) is 0 Å². The number of hydrogen-bond donors (Lipinski definition) is 1. The summed E-state index contributed by atoms with van der Waals surface area (Å²) in [6, 6.07) is 18.4. The van der Waals surface area contributed by atoms with Crippen LogP contribution < -0.4 is 5.73 Å². The van der Waals surface area contributed by atoms with Gasteiger partial charge in [-0.15, -0.1) is 0 Å². The standard InChI is InChI=1S/C13H12IN/c14-12-9-5-4-8-11(12)13(15)10-6-2-1-3-7-10/h1-9,13H,15H2. The van der Waals surface area contributed by atoms with Crippen molar-refractivity contribution in [3.05, 3.63) is 69.3 Å². The molecule has 0 aromatic heterocycles. The highest BCUT2D eigenvalue weighted by atomic mass is 127. The summed E-state index contributed by atoms with van der Waals surface area (Å²) in [6.45, 7) is 0. The van der Waals surface area contributed by atoms with Crippen molar-refractivity contribution >= 4 is 22.6 Å². The van der Waals surface area contributed by atoms with Gasteiger partial charge in [-0.05, 0) is 39.8 Å². The predicted octanol–water partition coefficient (Wildman–Crippen LogP) is 3.34. The van der Waals surface area contributed by atoms with Crippen molar-refractivity contribution in [2.45, 2.75) is 6.04 Å². The van der Waals surface area contributed by atoms with Crippen LogP contribution in [0.5, 0.6) is 0 Å². The molecule has 0 fully saturated rings. The number of halogens is 1. The Morgan fingerprint density at radius 2 is 1.47 bits per heavy atom. The molecule has 0 bridgehead atoms. The van der Waals surface area contributed by atoms with Gasteiger partial charge < -0.3 is 5.73 Å². The number of hydrogen-bond acceptors (Lipinski definition) is 1.